The number of nitrogen functional groups attached to an aromatic ring is 1. The Hall–Kier alpha value is -4.22. The van der Waals surface area contributed by atoms with Gasteiger partial charge in [-0.15, -0.1) is 10.2 Å². The van der Waals surface area contributed by atoms with Gasteiger partial charge in [0.1, 0.15) is 23.1 Å². The summed E-state index contributed by atoms with van der Waals surface area (Å²) in [5, 5.41) is 18.6. The van der Waals surface area contributed by atoms with E-state index in [9.17, 15) is 5.26 Å². The Morgan fingerprint density at radius 2 is 1.82 bits per heavy atom. The van der Waals surface area contributed by atoms with E-state index in [1.165, 1.54) is 5.56 Å². The molecule has 0 aliphatic heterocycles. The number of aromatic nitrogens is 4. The van der Waals surface area contributed by atoms with E-state index in [1.807, 2.05) is 18.2 Å². The minimum Gasteiger partial charge on any atom is -0.382 e. The van der Waals surface area contributed by atoms with Crippen molar-refractivity contribution in [3.05, 3.63) is 89.0 Å². The molecule has 2 atom stereocenters. The summed E-state index contributed by atoms with van der Waals surface area (Å²) in [6.45, 7) is 0. The third kappa shape index (κ3) is 4.21. The molecule has 0 saturated heterocycles. The first-order chi connectivity index (χ1) is 16.6. The lowest BCUT2D eigenvalue weighted by Crippen LogP contribution is -2.23. The molecule has 4 aromatic rings. The molecule has 2 unspecified atom stereocenters. The van der Waals surface area contributed by atoms with Crippen LogP contribution in [0.1, 0.15) is 41.5 Å². The van der Waals surface area contributed by atoms with Gasteiger partial charge in [-0.2, -0.15) is 5.26 Å². The van der Waals surface area contributed by atoms with Gasteiger partial charge in [0.05, 0.1) is 17.5 Å². The van der Waals surface area contributed by atoms with E-state index in [0.717, 1.165) is 12.8 Å². The highest BCUT2D eigenvalue weighted by Gasteiger charge is 2.37. The molecule has 0 amide bonds. The molecular weight excluding hydrogens is 448 g/mol. The van der Waals surface area contributed by atoms with Crippen molar-refractivity contribution in [2.24, 2.45) is 10.2 Å². The zero-order valence-electron chi connectivity index (χ0n) is 18.0. The molecule has 2 aromatic heterocycles. The summed E-state index contributed by atoms with van der Waals surface area (Å²) < 4.78 is 0. The predicted octanol–water partition coefficient (Wildman–Crippen LogP) is 6.12. The van der Waals surface area contributed by atoms with Crippen molar-refractivity contribution in [3.8, 4) is 17.6 Å². The maximum atomic E-state index is 9.44. The Labute approximate surface area is 201 Å². The average molecular weight is 467 g/mol. The van der Waals surface area contributed by atoms with Crippen molar-refractivity contribution in [3.63, 3.8) is 0 Å². The smallest absolute Gasteiger partial charge is 0.182 e. The molecule has 0 bridgehead atoms. The van der Waals surface area contributed by atoms with Crippen molar-refractivity contribution in [1.29, 1.82) is 5.26 Å². The van der Waals surface area contributed by atoms with E-state index in [2.05, 4.69) is 43.4 Å². The predicted molar refractivity (Wildman–Crippen MR) is 129 cm³/mol. The van der Waals surface area contributed by atoms with E-state index < -0.39 is 0 Å². The number of nitrogens with two attached hydrogens (primary N) is 1. The molecular formula is C25H19ClN8. The maximum Gasteiger partial charge on any atom is 0.182 e. The highest BCUT2D eigenvalue weighted by molar-refractivity contribution is 6.30. The van der Waals surface area contributed by atoms with Crippen LogP contribution in [0.15, 0.2) is 77.3 Å². The maximum absolute atomic E-state index is 9.44. The van der Waals surface area contributed by atoms with Gasteiger partial charge in [0.15, 0.2) is 11.6 Å². The Kier molecular flexibility index (Phi) is 5.93. The second-order valence-electron chi connectivity index (χ2n) is 7.93. The minimum absolute atomic E-state index is 0.0951. The van der Waals surface area contributed by atoms with E-state index in [1.54, 1.807) is 36.8 Å². The summed E-state index contributed by atoms with van der Waals surface area (Å²) in [5.41, 5.74) is 9.97. The number of azo groups is 1. The number of rotatable bonds is 5. The van der Waals surface area contributed by atoms with Crippen LogP contribution in [0.5, 0.6) is 0 Å². The van der Waals surface area contributed by atoms with Gasteiger partial charge in [0.25, 0.3) is 0 Å². The molecule has 1 aliphatic rings. The monoisotopic (exact) mass is 466 g/mol. The van der Waals surface area contributed by atoms with Gasteiger partial charge in [0, 0.05) is 23.3 Å². The van der Waals surface area contributed by atoms with E-state index in [0.29, 0.717) is 39.2 Å². The molecule has 1 aliphatic carbocycles. The largest absolute Gasteiger partial charge is 0.382 e. The van der Waals surface area contributed by atoms with Crippen molar-refractivity contribution in [2.75, 3.05) is 5.73 Å². The summed E-state index contributed by atoms with van der Waals surface area (Å²) in [6, 6.07) is 17.3. The number of hydrogen-bond acceptors (Lipinski definition) is 8. The SMILES string of the molecule is N#Cc1cc(Cl)ccc1N=Nc1c(N)nc(-c2cnccn2)nc1C1CCC1c1ccccc1. The molecule has 166 valence electrons. The number of hydrogen-bond donors (Lipinski definition) is 1. The highest BCUT2D eigenvalue weighted by atomic mass is 35.5. The quantitative estimate of drug-likeness (QED) is 0.353. The van der Waals surface area contributed by atoms with Gasteiger partial charge in [-0.05, 0) is 42.5 Å². The topological polar surface area (TPSA) is 126 Å². The molecule has 9 heteroatoms. The Bertz CT molecular complexity index is 1400. The van der Waals surface area contributed by atoms with Gasteiger partial charge < -0.3 is 5.73 Å². The van der Waals surface area contributed by atoms with Gasteiger partial charge in [-0.3, -0.25) is 4.98 Å². The standard InChI is InChI=1S/C25H19ClN8/c26-17-6-9-20(16(12-17)13-27)33-34-23-22(19-8-7-18(19)15-4-2-1-3-5-15)31-25(32-24(23)28)21-14-29-10-11-30-21/h1-6,9-12,14,18-19H,7-8H2,(H2,28,31,32). The Morgan fingerprint density at radius 3 is 2.53 bits per heavy atom. The van der Waals surface area contributed by atoms with Crippen LogP contribution in [0.2, 0.25) is 5.02 Å². The first kappa shape index (κ1) is 21.6. The molecule has 2 N–H and O–H groups in total. The van der Waals surface area contributed by atoms with Crippen LogP contribution in [-0.2, 0) is 0 Å². The summed E-state index contributed by atoms with van der Waals surface area (Å²) >= 11 is 6.01. The molecule has 0 spiro atoms. The lowest BCUT2D eigenvalue weighted by molar-refractivity contribution is 0.340. The van der Waals surface area contributed by atoms with Gasteiger partial charge in [0.2, 0.25) is 0 Å². The van der Waals surface area contributed by atoms with Gasteiger partial charge in [-0.1, -0.05) is 41.9 Å². The first-order valence-corrected chi connectivity index (χ1v) is 11.1. The molecule has 1 saturated carbocycles. The molecule has 34 heavy (non-hydrogen) atoms. The first-order valence-electron chi connectivity index (χ1n) is 10.7. The van der Waals surface area contributed by atoms with Crippen molar-refractivity contribution in [1.82, 2.24) is 19.9 Å². The summed E-state index contributed by atoms with van der Waals surface area (Å²) in [6.07, 6.45) is 6.74. The third-order valence-corrected chi connectivity index (χ3v) is 6.16. The third-order valence-electron chi connectivity index (χ3n) is 5.92. The number of benzene rings is 2. The van der Waals surface area contributed by atoms with Crippen LogP contribution in [0, 0.1) is 11.3 Å². The van der Waals surface area contributed by atoms with Crippen LogP contribution >= 0.6 is 11.6 Å². The summed E-state index contributed by atoms with van der Waals surface area (Å²) in [4.78, 5) is 17.7. The number of anilines is 1. The molecule has 2 heterocycles. The summed E-state index contributed by atoms with van der Waals surface area (Å²) in [5.74, 6) is 0.963. The van der Waals surface area contributed by atoms with Crippen LogP contribution in [0.4, 0.5) is 17.2 Å². The fourth-order valence-electron chi connectivity index (χ4n) is 4.10. The average Bonchev–Trinajstić information content (AvgIpc) is 2.84. The second-order valence-corrected chi connectivity index (χ2v) is 8.37. The van der Waals surface area contributed by atoms with E-state index in [4.69, 9.17) is 22.3 Å². The Morgan fingerprint density at radius 1 is 1.00 bits per heavy atom. The number of nitriles is 1. The second kappa shape index (κ2) is 9.33. The van der Waals surface area contributed by atoms with Crippen molar-refractivity contribution in [2.45, 2.75) is 24.7 Å². The normalized spacial score (nSPS) is 17.3. The van der Waals surface area contributed by atoms with Crippen LogP contribution < -0.4 is 5.73 Å². The highest BCUT2D eigenvalue weighted by Crippen LogP contribution is 2.51. The lowest BCUT2D eigenvalue weighted by Gasteiger charge is -2.37. The number of halogens is 1. The van der Waals surface area contributed by atoms with Crippen LogP contribution in [0.3, 0.4) is 0 Å². The molecule has 2 aromatic carbocycles. The zero-order valence-corrected chi connectivity index (χ0v) is 18.8. The van der Waals surface area contributed by atoms with Crippen LogP contribution in [-0.4, -0.2) is 19.9 Å². The van der Waals surface area contributed by atoms with E-state index in [-0.39, 0.29) is 17.7 Å². The number of nitrogens with zero attached hydrogens (tertiary/aromatic N) is 7. The fraction of sp³-hybridized carbons (Fsp3) is 0.160. The fourth-order valence-corrected chi connectivity index (χ4v) is 4.27. The molecule has 8 nitrogen and oxygen atoms in total. The molecule has 5 rings (SSSR count). The van der Waals surface area contributed by atoms with Crippen molar-refractivity contribution >= 4 is 28.8 Å². The van der Waals surface area contributed by atoms with E-state index >= 15 is 0 Å². The zero-order chi connectivity index (χ0) is 23.5. The van der Waals surface area contributed by atoms with Crippen molar-refractivity contribution < 1.29 is 0 Å². The Balaban J connectivity index is 1.61. The van der Waals surface area contributed by atoms with Crippen LogP contribution in [0.25, 0.3) is 11.5 Å². The summed E-state index contributed by atoms with van der Waals surface area (Å²) in [7, 11) is 0. The van der Waals surface area contributed by atoms with Gasteiger partial charge >= 0.3 is 0 Å². The molecule has 1 fully saturated rings. The lowest BCUT2D eigenvalue weighted by atomic mass is 9.68. The molecule has 0 radical (unpaired) electrons. The van der Waals surface area contributed by atoms with Gasteiger partial charge in [-0.25, -0.2) is 15.0 Å². The minimum atomic E-state index is 0.0951.